The molecule has 4 rings (SSSR count). The van der Waals surface area contributed by atoms with Gasteiger partial charge in [-0.1, -0.05) is 5.16 Å². The molecular formula is C23H23BrN4O4. The summed E-state index contributed by atoms with van der Waals surface area (Å²) in [7, 11) is 0. The Morgan fingerprint density at radius 1 is 1.28 bits per heavy atom. The number of aliphatic imine (C=N–C) groups is 1. The van der Waals surface area contributed by atoms with Crippen LogP contribution in [0.3, 0.4) is 0 Å². The summed E-state index contributed by atoms with van der Waals surface area (Å²) >= 11 is 3.46. The molecule has 1 N–H and O–H groups in total. The van der Waals surface area contributed by atoms with Crippen molar-refractivity contribution in [2.45, 2.75) is 39.2 Å². The molecule has 9 heteroatoms. The van der Waals surface area contributed by atoms with Gasteiger partial charge in [0.15, 0.2) is 0 Å². The first-order chi connectivity index (χ1) is 15.4. The van der Waals surface area contributed by atoms with Crippen LogP contribution < -0.4 is 4.74 Å². The summed E-state index contributed by atoms with van der Waals surface area (Å²) in [5.41, 5.74) is 2.28. The van der Waals surface area contributed by atoms with E-state index in [1.807, 2.05) is 50.4 Å². The molecule has 1 saturated carbocycles. The first-order valence-electron chi connectivity index (χ1n) is 10.4. The second-order valence-corrected chi connectivity index (χ2v) is 8.89. The van der Waals surface area contributed by atoms with Gasteiger partial charge in [0.25, 0.3) is 5.89 Å². The van der Waals surface area contributed by atoms with Crippen molar-refractivity contribution in [1.82, 2.24) is 15.1 Å². The second kappa shape index (κ2) is 9.60. The lowest BCUT2D eigenvalue weighted by molar-refractivity contribution is -0.141. The monoisotopic (exact) mass is 498 g/mol. The van der Waals surface area contributed by atoms with Crippen LogP contribution in [0.15, 0.2) is 50.5 Å². The maximum absolute atomic E-state index is 11.1. The third kappa shape index (κ3) is 5.21. The number of nitrogens with zero attached hydrogens (tertiary/aromatic N) is 4. The zero-order chi connectivity index (χ0) is 22.7. The van der Waals surface area contributed by atoms with Gasteiger partial charge in [-0.2, -0.15) is 4.98 Å². The van der Waals surface area contributed by atoms with Crippen LogP contribution in [0.5, 0.6) is 5.88 Å². The lowest BCUT2D eigenvalue weighted by Crippen LogP contribution is -2.09. The van der Waals surface area contributed by atoms with Gasteiger partial charge in [0.1, 0.15) is 0 Å². The van der Waals surface area contributed by atoms with E-state index in [0.717, 1.165) is 17.7 Å². The zero-order valence-electron chi connectivity index (χ0n) is 17.7. The molecule has 2 aromatic heterocycles. The maximum atomic E-state index is 11.1. The lowest BCUT2D eigenvalue weighted by atomic mass is 10.1. The Bertz CT molecular complexity index is 1130. The number of carboxylic acids is 1. The normalized spacial score (nSPS) is 18.5. The summed E-state index contributed by atoms with van der Waals surface area (Å²) < 4.78 is 11.8. The lowest BCUT2D eigenvalue weighted by Gasteiger charge is -2.10. The molecule has 1 aromatic carbocycles. The van der Waals surface area contributed by atoms with E-state index < -0.39 is 5.97 Å². The molecule has 0 amide bonds. The van der Waals surface area contributed by atoms with Crippen LogP contribution in [-0.4, -0.2) is 38.5 Å². The van der Waals surface area contributed by atoms with Crippen molar-refractivity contribution < 1.29 is 19.2 Å². The first kappa shape index (κ1) is 22.1. The van der Waals surface area contributed by atoms with Gasteiger partial charge in [0.2, 0.25) is 11.7 Å². The highest BCUT2D eigenvalue weighted by Gasteiger charge is 2.28. The summed E-state index contributed by atoms with van der Waals surface area (Å²) in [6, 6.07) is 9.34. The minimum absolute atomic E-state index is 0.0202. The number of benzene rings is 1. The van der Waals surface area contributed by atoms with E-state index in [1.165, 1.54) is 0 Å². The average Bonchev–Trinajstić information content (AvgIpc) is 3.44. The molecule has 0 saturated heterocycles. The number of aromatic nitrogens is 3. The van der Waals surface area contributed by atoms with Crippen LogP contribution in [0.1, 0.15) is 33.1 Å². The summed E-state index contributed by atoms with van der Waals surface area (Å²) in [5.74, 6) is 0.579. The summed E-state index contributed by atoms with van der Waals surface area (Å²) in [6.07, 6.45) is 5.74. The minimum atomic E-state index is -0.715. The van der Waals surface area contributed by atoms with Crippen molar-refractivity contribution >= 4 is 33.8 Å². The van der Waals surface area contributed by atoms with Gasteiger partial charge in [-0.3, -0.25) is 9.79 Å². The fourth-order valence-electron chi connectivity index (χ4n) is 3.57. The predicted octanol–water partition coefficient (Wildman–Crippen LogP) is 5.55. The molecule has 0 radical (unpaired) electrons. The van der Waals surface area contributed by atoms with Gasteiger partial charge in [0, 0.05) is 18.0 Å². The van der Waals surface area contributed by atoms with Crippen molar-refractivity contribution in [3.05, 3.63) is 41.0 Å². The average molecular weight is 499 g/mol. The fraction of sp³-hybridized carbons (Fsp3) is 0.348. The molecule has 8 nitrogen and oxygen atoms in total. The van der Waals surface area contributed by atoms with E-state index in [0.29, 0.717) is 40.5 Å². The number of hydrogen-bond donors (Lipinski definition) is 1. The number of hydrogen-bond acceptors (Lipinski definition) is 7. The van der Waals surface area contributed by atoms with Gasteiger partial charge in [0.05, 0.1) is 27.7 Å². The smallest absolute Gasteiger partial charge is 0.306 e. The Hall–Kier alpha value is -3.07. The Balaban J connectivity index is 1.43. The van der Waals surface area contributed by atoms with Crippen molar-refractivity contribution in [2.24, 2.45) is 16.8 Å². The van der Waals surface area contributed by atoms with Gasteiger partial charge in [-0.15, -0.1) is 0 Å². The maximum Gasteiger partial charge on any atom is 0.306 e. The summed E-state index contributed by atoms with van der Waals surface area (Å²) in [5, 5.41) is 13.2. The minimum Gasteiger partial charge on any atom is -0.481 e. The zero-order valence-corrected chi connectivity index (χ0v) is 19.3. The molecule has 3 aromatic rings. The largest absolute Gasteiger partial charge is 0.481 e. The molecule has 1 fully saturated rings. The van der Waals surface area contributed by atoms with Crippen molar-refractivity contribution in [1.29, 1.82) is 0 Å². The van der Waals surface area contributed by atoms with Crippen LogP contribution >= 0.6 is 15.9 Å². The number of aliphatic carboxylic acids is 1. The van der Waals surface area contributed by atoms with Gasteiger partial charge < -0.3 is 14.4 Å². The Labute approximate surface area is 193 Å². The fourth-order valence-corrected chi connectivity index (χ4v) is 4.02. The first-order valence-corrected chi connectivity index (χ1v) is 11.2. The Kier molecular flexibility index (Phi) is 6.64. The summed E-state index contributed by atoms with van der Waals surface area (Å²) in [6.45, 7) is 3.87. The van der Waals surface area contributed by atoms with E-state index in [4.69, 9.17) is 14.4 Å². The molecule has 2 atom stereocenters. The SMILES string of the molecule is CC(C)Oc1ncc(-c2nc(-c3ccc(N=CC4CC[C@@H](C(=O)O)C4)cc3)no2)cc1Br. The second-order valence-electron chi connectivity index (χ2n) is 8.03. The van der Waals surface area contributed by atoms with E-state index in [-0.39, 0.29) is 17.9 Å². The molecule has 2 heterocycles. The van der Waals surface area contributed by atoms with Crippen LogP contribution in [0.2, 0.25) is 0 Å². The highest BCUT2D eigenvalue weighted by molar-refractivity contribution is 9.10. The van der Waals surface area contributed by atoms with Gasteiger partial charge in [-0.25, -0.2) is 4.98 Å². The van der Waals surface area contributed by atoms with Crippen LogP contribution in [0, 0.1) is 11.8 Å². The summed E-state index contributed by atoms with van der Waals surface area (Å²) in [4.78, 5) is 24.4. The number of ether oxygens (including phenoxy) is 1. The van der Waals surface area contributed by atoms with Crippen LogP contribution in [-0.2, 0) is 4.79 Å². The number of rotatable bonds is 7. The molecule has 0 bridgehead atoms. The van der Waals surface area contributed by atoms with E-state index >= 15 is 0 Å². The Morgan fingerprint density at radius 3 is 2.72 bits per heavy atom. The number of pyridine rings is 1. The predicted molar refractivity (Wildman–Crippen MR) is 123 cm³/mol. The molecule has 32 heavy (non-hydrogen) atoms. The quantitative estimate of drug-likeness (QED) is 0.424. The number of carbonyl (C=O) groups is 1. The molecular weight excluding hydrogens is 476 g/mol. The van der Waals surface area contributed by atoms with Crippen molar-refractivity contribution in [2.75, 3.05) is 0 Å². The molecule has 1 unspecified atom stereocenters. The van der Waals surface area contributed by atoms with Crippen molar-refractivity contribution in [3.63, 3.8) is 0 Å². The molecule has 1 aliphatic carbocycles. The highest BCUT2D eigenvalue weighted by atomic mass is 79.9. The van der Waals surface area contributed by atoms with E-state index in [9.17, 15) is 4.79 Å². The van der Waals surface area contributed by atoms with Crippen molar-refractivity contribution in [3.8, 4) is 28.7 Å². The molecule has 166 valence electrons. The topological polar surface area (TPSA) is 111 Å². The van der Waals surface area contributed by atoms with Crippen LogP contribution in [0.25, 0.3) is 22.8 Å². The van der Waals surface area contributed by atoms with Crippen LogP contribution in [0.4, 0.5) is 5.69 Å². The molecule has 0 aliphatic heterocycles. The number of carboxylic acid groups (broad SMARTS) is 1. The van der Waals surface area contributed by atoms with Gasteiger partial charge >= 0.3 is 5.97 Å². The van der Waals surface area contributed by atoms with E-state index in [2.05, 4.69) is 36.0 Å². The third-order valence-electron chi connectivity index (χ3n) is 5.21. The molecule has 1 aliphatic rings. The third-order valence-corrected chi connectivity index (χ3v) is 5.78. The number of halogens is 1. The van der Waals surface area contributed by atoms with Gasteiger partial charge in [-0.05, 0) is 85.3 Å². The standard InChI is InChI=1S/C23H23BrN4O4/c1-13(2)31-22-19(24)10-17(12-26-22)21-27-20(28-32-21)15-5-7-18(8-6-15)25-11-14-3-4-16(9-14)23(29)30/h5-8,10-14,16H,3-4,9H2,1-2H3,(H,29,30)/t14?,16-/m1/s1. The molecule has 0 spiro atoms. The Morgan fingerprint density at radius 2 is 2.06 bits per heavy atom. The highest BCUT2D eigenvalue weighted by Crippen LogP contribution is 2.31. The van der Waals surface area contributed by atoms with E-state index in [1.54, 1.807) is 6.20 Å².